The largest absolute Gasteiger partial charge is 0.494 e. The third kappa shape index (κ3) is 7.27. The van der Waals surface area contributed by atoms with E-state index in [9.17, 15) is 9.59 Å². The van der Waals surface area contributed by atoms with Gasteiger partial charge in [-0.15, -0.1) is 0 Å². The van der Waals surface area contributed by atoms with Crippen molar-refractivity contribution in [3.63, 3.8) is 0 Å². The highest BCUT2D eigenvalue weighted by Crippen LogP contribution is 2.18. The summed E-state index contributed by atoms with van der Waals surface area (Å²) < 4.78 is 16.4. The van der Waals surface area contributed by atoms with E-state index in [-0.39, 0.29) is 5.75 Å². The zero-order valence-electron chi connectivity index (χ0n) is 18.3. The maximum atomic E-state index is 12.4. The molecule has 0 spiro atoms. The lowest BCUT2D eigenvalue weighted by Crippen LogP contribution is -2.10. The summed E-state index contributed by atoms with van der Waals surface area (Å²) in [6.07, 6.45) is 3.62. The first kappa shape index (κ1) is 23.1. The second-order valence-electron chi connectivity index (χ2n) is 7.37. The molecule has 3 aromatic carbocycles. The third-order valence-electron chi connectivity index (χ3n) is 4.82. The van der Waals surface area contributed by atoms with Gasteiger partial charge in [-0.25, -0.2) is 9.59 Å². The molecule has 0 aliphatic rings. The topological polar surface area (TPSA) is 61.8 Å². The lowest BCUT2D eigenvalue weighted by atomic mass is 10.1. The van der Waals surface area contributed by atoms with E-state index in [0.717, 1.165) is 25.7 Å². The van der Waals surface area contributed by atoms with E-state index in [1.165, 1.54) is 11.6 Å². The number of rotatable bonds is 11. The van der Waals surface area contributed by atoms with Gasteiger partial charge in [-0.05, 0) is 67.3 Å². The molecule has 0 radical (unpaired) electrons. The van der Waals surface area contributed by atoms with Crippen molar-refractivity contribution in [1.82, 2.24) is 0 Å². The predicted molar refractivity (Wildman–Crippen MR) is 123 cm³/mol. The first-order chi connectivity index (χ1) is 15.7. The summed E-state index contributed by atoms with van der Waals surface area (Å²) in [5.74, 6) is 0.0621. The summed E-state index contributed by atoms with van der Waals surface area (Å²) in [4.78, 5) is 24.8. The number of esters is 2. The van der Waals surface area contributed by atoms with Crippen molar-refractivity contribution in [2.24, 2.45) is 0 Å². The van der Waals surface area contributed by atoms with Crippen LogP contribution in [0.1, 0.15) is 52.5 Å². The maximum absolute atomic E-state index is 12.4. The summed E-state index contributed by atoms with van der Waals surface area (Å²) in [5.41, 5.74) is 1.95. The molecule has 0 bridgehead atoms. The van der Waals surface area contributed by atoms with Crippen molar-refractivity contribution < 1.29 is 23.8 Å². The highest BCUT2D eigenvalue weighted by Gasteiger charge is 2.12. The second kappa shape index (κ2) is 12.3. The Labute approximate surface area is 188 Å². The monoisotopic (exact) mass is 432 g/mol. The van der Waals surface area contributed by atoms with Crippen LogP contribution < -0.4 is 9.47 Å². The van der Waals surface area contributed by atoms with Gasteiger partial charge in [0.25, 0.3) is 0 Å². The molecule has 3 aromatic rings. The lowest BCUT2D eigenvalue weighted by molar-refractivity contribution is 0.0498. The molecule has 0 amide bonds. The third-order valence-corrected chi connectivity index (χ3v) is 4.82. The zero-order chi connectivity index (χ0) is 22.6. The Morgan fingerprint density at radius 3 is 2.25 bits per heavy atom. The van der Waals surface area contributed by atoms with Gasteiger partial charge in [0, 0.05) is 0 Å². The minimum absolute atomic E-state index is 0.289. The van der Waals surface area contributed by atoms with Gasteiger partial charge in [-0.3, -0.25) is 0 Å². The number of ether oxygens (including phenoxy) is 3. The molecule has 0 unspecified atom stereocenters. The molecule has 5 nitrogen and oxygen atoms in total. The van der Waals surface area contributed by atoms with Crippen LogP contribution in [0, 0.1) is 0 Å². The number of carbonyl (C=O) groups excluding carboxylic acids is 2. The van der Waals surface area contributed by atoms with Gasteiger partial charge >= 0.3 is 11.9 Å². The predicted octanol–water partition coefficient (Wildman–Crippen LogP) is 5.87. The van der Waals surface area contributed by atoms with Gasteiger partial charge in [-0.1, -0.05) is 49.7 Å². The Hall–Kier alpha value is -3.60. The van der Waals surface area contributed by atoms with E-state index in [1.807, 2.05) is 30.3 Å². The summed E-state index contributed by atoms with van der Waals surface area (Å²) in [5, 5.41) is 0. The molecule has 0 saturated carbocycles. The minimum Gasteiger partial charge on any atom is -0.494 e. The van der Waals surface area contributed by atoms with Crippen LogP contribution in [0.5, 0.6) is 11.5 Å². The summed E-state index contributed by atoms with van der Waals surface area (Å²) in [7, 11) is 0. The molecule has 0 saturated heterocycles. The summed E-state index contributed by atoms with van der Waals surface area (Å²) in [6, 6.07) is 23.3. The molecule has 0 N–H and O–H groups in total. The molecule has 0 atom stereocenters. The minimum atomic E-state index is -0.501. The van der Waals surface area contributed by atoms with Crippen LogP contribution >= 0.6 is 0 Å². The molecular formula is C27H28O5. The molecule has 0 aliphatic heterocycles. The fourth-order valence-electron chi connectivity index (χ4n) is 3.04. The molecule has 3 rings (SSSR count). The van der Waals surface area contributed by atoms with Crippen LogP contribution in [0.2, 0.25) is 0 Å². The Balaban J connectivity index is 1.49. The molecule has 5 heteroatoms. The van der Waals surface area contributed by atoms with E-state index >= 15 is 0 Å². The van der Waals surface area contributed by atoms with Crippen molar-refractivity contribution in [1.29, 1.82) is 0 Å². The van der Waals surface area contributed by atoms with Crippen molar-refractivity contribution >= 4 is 11.9 Å². The molecule has 0 heterocycles. The average Bonchev–Trinajstić information content (AvgIpc) is 2.83. The molecular weight excluding hydrogens is 404 g/mol. The molecule has 0 fully saturated rings. The van der Waals surface area contributed by atoms with E-state index in [2.05, 4.69) is 6.92 Å². The summed E-state index contributed by atoms with van der Waals surface area (Å²) in [6.45, 7) is 3.07. The fourth-order valence-corrected chi connectivity index (χ4v) is 3.04. The van der Waals surface area contributed by atoms with Crippen LogP contribution in [0.15, 0.2) is 78.9 Å². The van der Waals surface area contributed by atoms with Gasteiger partial charge < -0.3 is 14.2 Å². The van der Waals surface area contributed by atoms with Crippen LogP contribution in [0.3, 0.4) is 0 Å². The quantitative estimate of drug-likeness (QED) is 0.215. The van der Waals surface area contributed by atoms with Crippen LogP contribution in [0.25, 0.3) is 0 Å². The van der Waals surface area contributed by atoms with Crippen molar-refractivity contribution in [2.45, 2.75) is 32.6 Å². The standard InChI is InChI=1S/C27H28O5/c1-2-3-18-30-24-16-14-22(15-17-24)27(29)32-25-13-7-12-23(20-25)26(28)31-19-8-11-21-9-5-4-6-10-21/h4-7,9-10,12-17,20H,2-3,8,11,18-19H2,1H3. The Morgan fingerprint density at radius 2 is 1.50 bits per heavy atom. The van der Waals surface area contributed by atoms with Gasteiger partial charge in [0.15, 0.2) is 0 Å². The van der Waals surface area contributed by atoms with Crippen molar-refractivity contribution in [2.75, 3.05) is 13.2 Å². The zero-order valence-corrected chi connectivity index (χ0v) is 18.3. The first-order valence-corrected chi connectivity index (χ1v) is 10.9. The van der Waals surface area contributed by atoms with E-state index < -0.39 is 11.9 Å². The maximum Gasteiger partial charge on any atom is 0.343 e. The number of hydrogen-bond donors (Lipinski definition) is 0. The summed E-state index contributed by atoms with van der Waals surface area (Å²) >= 11 is 0. The van der Waals surface area contributed by atoms with Crippen LogP contribution in [-0.4, -0.2) is 25.2 Å². The number of benzene rings is 3. The highest BCUT2D eigenvalue weighted by molar-refractivity contribution is 5.92. The number of unbranched alkanes of at least 4 members (excludes halogenated alkanes) is 1. The molecule has 32 heavy (non-hydrogen) atoms. The lowest BCUT2D eigenvalue weighted by Gasteiger charge is -2.09. The van der Waals surface area contributed by atoms with Crippen LogP contribution in [0.4, 0.5) is 0 Å². The fraction of sp³-hybridized carbons (Fsp3) is 0.259. The molecule has 0 aliphatic carbocycles. The Morgan fingerprint density at radius 1 is 0.719 bits per heavy atom. The van der Waals surface area contributed by atoms with Crippen molar-refractivity contribution in [3.05, 3.63) is 95.6 Å². The van der Waals surface area contributed by atoms with Gasteiger partial charge in [0.1, 0.15) is 11.5 Å². The highest BCUT2D eigenvalue weighted by atomic mass is 16.5. The first-order valence-electron chi connectivity index (χ1n) is 10.9. The number of aryl methyl sites for hydroxylation is 1. The SMILES string of the molecule is CCCCOc1ccc(C(=O)Oc2cccc(C(=O)OCCCc3ccccc3)c2)cc1. The number of hydrogen-bond acceptors (Lipinski definition) is 5. The van der Waals surface area contributed by atoms with Crippen molar-refractivity contribution in [3.8, 4) is 11.5 Å². The van der Waals surface area contributed by atoms with Gasteiger partial charge in [0.2, 0.25) is 0 Å². The van der Waals surface area contributed by atoms with Gasteiger partial charge in [-0.2, -0.15) is 0 Å². The average molecular weight is 433 g/mol. The smallest absolute Gasteiger partial charge is 0.343 e. The normalized spacial score (nSPS) is 10.4. The Bertz CT molecular complexity index is 996. The molecule has 0 aromatic heterocycles. The van der Waals surface area contributed by atoms with E-state index in [0.29, 0.717) is 30.1 Å². The Kier molecular flexibility index (Phi) is 8.87. The van der Waals surface area contributed by atoms with Crippen LogP contribution in [-0.2, 0) is 11.2 Å². The molecule has 166 valence electrons. The second-order valence-corrected chi connectivity index (χ2v) is 7.37. The van der Waals surface area contributed by atoms with Gasteiger partial charge in [0.05, 0.1) is 24.3 Å². The number of carbonyl (C=O) groups is 2. The van der Waals surface area contributed by atoms with E-state index in [4.69, 9.17) is 14.2 Å². The van der Waals surface area contributed by atoms with E-state index in [1.54, 1.807) is 42.5 Å².